The molecule has 0 bridgehead atoms. The summed E-state index contributed by atoms with van der Waals surface area (Å²) in [5.41, 5.74) is 0. The van der Waals surface area contributed by atoms with Crippen LogP contribution in [0.25, 0.3) is 0 Å². The van der Waals surface area contributed by atoms with E-state index in [2.05, 4.69) is 4.84 Å². The molecule has 9 heavy (non-hydrogen) atoms. The van der Waals surface area contributed by atoms with Gasteiger partial charge in [-0.25, -0.2) is 14.3 Å². The lowest BCUT2D eigenvalue weighted by Crippen LogP contribution is -2.36. The Labute approximate surface area is 54.4 Å². The van der Waals surface area contributed by atoms with Crippen LogP contribution in [0.15, 0.2) is 0 Å². The molecule has 0 aliphatic heterocycles. The first-order valence-corrected chi connectivity index (χ1v) is 4.21. The van der Waals surface area contributed by atoms with Crippen LogP contribution in [-0.2, 0) is 14.9 Å². The third kappa shape index (κ3) is 3.41. The molecular formula is C3H10N2O3S. The highest BCUT2D eigenvalue weighted by molar-refractivity contribution is 7.88. The van der Waals surface area contributed by atoms with Gasteiger partial charge in [-0.15, -0.1) is 0 Å². The smallest absolute Gasteiger partial charge is 0.246 e. The van der Waals surface area contributed by atoms with Crippen molar-refractivity contribution in [1.29, 1.82) is 0 Å². The van der Waals surface area contributed by atoms with Crippen molar-refractivity contribution in [2.24, 2.45) is 5.84 Å². The first-order chi connectivity index (χ1) is 3.98. The average Bonchev–Trinajstić information content (AvgIpc) is 1.64. The number of rotatable bonds is 3. The summed E-state index contributed by atoms with van der Waals surface area (Å²) in [5.74, 6) is 4.88. The van der Waals surface area contributed by atoms with Crippen molar-refractivity contribution in [3.63, 3.8) is 0 Å². The molecule has 0 aliphatic rings. The second-order valence-corrected chi connectivity index (χ2v) is 3.26. The number of nitrogens with two attached hydrogens (primary N) is 1. The van der Waals surface area contributed by atoms with E-state index >= 15 is 0 Å². The van der Waals surface area contributed by atoms with E-state index in [-0.39, 0.29) is 6.61 Å². The number of sulfonamides is 1. The van der Waals surface area contributed by atoms with Crippen molar-refractivity contribution in [2.45, 2.75) is 6.92 Å². The van der Waals surface area contributed by atoms with E-state index in [1.165, 1.54) is 0 Å². The van der Waals surface area contributed by atoms with Crippen LogP contribution in [0.4, 0.5) is 0 Å². The van der Waals surface area contributed by atoms with E-state index in [1.54, 1.807) is 6.92 Å². The maximum absolute atomic E-state index is 10.4. The van der Waals surface area contributed by atoms with Gasteiger partial charge < -0.3 is 0 Å². The molecule has 2 N–H and O–H groups in total. The van der Waals surface area contributed by atoms with Crippen molar-refractivity contribution in [1.82, 2.24) is 4.58 Å². The highest BCUT2D eigenvalue weighted by Gasteiger charge is 2.09. The second-order valence-electron chi connectivity index (χ2n) is 1.44. The maximum Gasteiger partial charge on any atom is 0.246 e. The van der Waals surface area contributed by atoms with Gasteiger partial charge in [0.2, 0.25) is 10.0 Å². The maximum atomic E-state index is 10.4. The summed E-state index contributed by atoms with van der Waals surface area (Å²) in [6.45, 7) is 1.88. The van der Waals surface area contributed by atoms with Gasteiger partial charge in [0.1, 0.15) is 0 Å². The molecule has 0 heterocycles. The molecule has 0 saturated heterocycles. The summed E-state index contributed by atoms with van der Waals surface area (Å²) >= 11 is 0. The van der Waals surface area contributed by atoms with Crippen molar-refractivity contribution in [3.8, 4) is 0 Å². The Morgan fingerprint density at radius 1 is 1.67 bits per heavy atom. The van der Waals surface area contributed by atoms with Gasteiger partial charge in [-0.2, -0.15) is 0 Å². The first kappa shape index (κ1) is 8.83. The van der Waals surface area contributed by atoms with Gasteiger partial charge in [-0.3, -0.25) is 4.84 Å². The lowest BCUT2D eigenvalue weighted by molar-refractivity contribution is -0.0791. The highest BCUT2D eigenvalue weighted by atomic mass is 32.2. The number of hydrazine groups is 1. The van der Waals surface area contributed by atoms with Gasteiger partial charge in [0.15, 0.2) is 0 Å². The molecule has 0 aliphatic carbocycles. The largest absolute Gasteiger partial charge is 0.270 e. The van der Waals surface area contributed by atoms with Gasteiger partial charge in [0, 0.05) is 0 Å². The van der Waals surface area contributed by atoms with Crippen LogP contribution in [0, 0.1) is 0 Å². The third-order valence-electron chi connectivity index (χ3n) is 0.583. The van der Waals surface area contributed by atoms with E-state index in [0.717, 1.165) is 6.26 Å². The average molecular weight is 154 g/mol. The fourth-order valence-corrected chi connectivity index (χ4v) is 0.520. The molecule has 0 aromatic rings. The fraction of sp³-hybridized carbons (Fsp3) is 1.00. The van der Waals surface area contributed by atoms with E-state index in [4.69, 9.17) is 5.84 Å². The molecule has 5 nitrogen and oxygen atoms in total. The molecule has 0 spiro atoms. The Morgan fingerprint density at radius 2 is 2.11 bits per heavy atom. The minimum absolute atomic E-state index is 0.240. The van der Waals surface area contributed by atoms with Gasteiger partial charge >= 0.3 is 0 Å². The Bertz CT molecular complexity index is 164. The summed E-state index contributed by atoms with van der Waals surface area (Å²) in [6, 6.07) is 0. The van der Waals surface area contributed by atoms with Gasteiger partial charge in [-0.1, -0.05) is 0 Å². The molecule has 0 fully saturated rings. The third-order valence-corrected chi connectivity index (χ3v) is 1.34. The zero-order valence-corrected chi connectivity index (χ0v) is 6.18. The predicted octanol–water partition coefficient (Wildman–Crippen LogP) is -0.927. The first-order valence-electron chi connectivity index (χ1n) is 2.36. The van der Waals surface area contributed by atoms with E-state index in [0.29, 0.717) is 4.58 Å². The van der Waals surface area contributed by atoms with Crippen LogP contribution in [-0.4, -0.2) is 25.9 Å². The topological polar surface area (TPSA) is 72.6 Å². The molecule has 0 rings (SSSR count). The van der Waals surface area contributed by atoms with E-state index < -0.39 is 10.0 Å². The summed E-state index contributed by atoms with van der Waals surface area (Å²) in [4.78, 5) is 4.43. The van der Waals surface area contributed by atoms with Crippen LogP contribution in [0.2, 0.25) is 0 Å². The normalized spacial score (nSPS) is 12.4. The number of hydrogen-bond acceptors (Lipinski definition) is 4. The Kier molecular flexibility index (Phi) is 3.06. The molecule has 0 radical (unpaired) electrons. The minimum atomic E-state index is -3.38. The van der Waals surface area contributed by atoms with Gasteiger partial charge in [0.25, 0.3) is 0 Å². The zero-order chi connectivity index (χ0) is 7.49. The molecule has 6 heteroatoms. The second kappa shape index (κ2) is 3.11. The molecule has 0 saturated carbocycles. The molecule has 0 aromatic carbocycles. The monoisotopic (exact) mass is 154 g/mol. The van der Waals surface area contributed by atoms with Crippen molar-refractivity contribution < 1.29 is 13.3 Å². The molecule has 0 atom stereocenters. The minimum Gasteiger partial charge on any atom is -0.270 e. The summed E-state index contributed by atoms with van der Waals surface area (Å²) in [7, 11) is -3.38. The van der Waals surface area contributed by atoms with Crippen molar-refractivity contribution in [2.75, 3.05) is 12.9 Å². The lowest BCUT2D eigenvalue weighted by Gasteiger charge is -2.10. The highest BCUT2D eigenvalue weighted by Crippen LogP contribution is 1.88. The zero-order valence-electron chi connectivity index (χ0n) is 5.36. The van der Waals surface area contributed by atoms with Crippen LogP contribution in [0.3, 0.4) is 0 Å². The molecular weight excluding hydrogens is 144 g/mol. The number of nitrogens with zero attached hydrogens (tertiary/aromatic N) is 1. The van der Waals surface area contributed by atoms with Crippen LogP contribution in [0.1, 0.15) is 6.92 Å². The summed E-state index contributed by atoms with van der Waals surface area (Å²) in [5, 5.41) is 0. The fourth-order valence-electron chi connectivity index (χ4n) is 0.223. The standard InChI is InChI=1S/C3H10N2O3S/c1-3-8-5(4)9(2,6)7/h3-4H2,1-2H3. The van der Waals surface area contributed by atoms with Crippen LogP contribution >= 0.6 is 0 Å². The Balaban J connectivity index is 3.90. The predicted molar refractivity (Wildman–Crippen MR) is 32.5 cm³/mol. The molecule has 0 aromatic heterocycles. The molecule has 0 unspecified atom stereocenters. The van der Waals surface area contributed by atoms with Crippen LogP contribution in [0.5, 0.6) is 0 Å². The summed E-state index contributed by atoms with van der Waals surface area (Å²) in [6.07, 6.45) is 0.961. The SMILES string of the molecule is CCON(N)S(C)(=O)=O. The quantitative estimate of drug-likeness (QED) is 0.421. The van der Waals surface area contributed by atoms with Crippen LogP contribution < -0.4 is 5.84 Å². The lowest BCUT2D eigenvalue weighted by atomic mass is 10.9. The van der Waals surface area contributed by atoms with E-state index in [1.807, 2.05) is 0 Å². The Morgan fingerprint density at radius 3 is 2.22 bits per heavy atom. The molecule has 56 valence electrons. The molecule has 0 amide bonds. The van der Waals surface area contributed by atoms with Gasteiger partial charge in [-0.05, 0) is 11.5 Å². The Hall–Kier alpha value is -0.170. The van der Waals surface area contributed by atoms with Gasteiger partial charge in [0.05, 0.1) is 12.9 Å². The van der Waals surface area contributed by atoms with Crippen molar-refractivity contribution >= 4 is 10.0 Å². The summed E-state index contributed by atoms with van der Waals surface area (Å²) < 4.78 is 21.1. The number of hydrogen-bond donors (Lipinski definition) is 1. The van der Waals surface area contributed by atoms with Crippen molar-refractivity contribution in [3.05, 3.63) is 0 Å². The van der Waals surface area contributed by atoms with E-state index in [9.17, 15) is 8.42 Å².